The molecule has 2 aliphatic rings. The van der Waals surface area contributed by atoms with Crippen LogP contribution in [0, 0.1) is 3.57 Å². The summed E-state index contributed by atoms with van der Waals surface area (Å²) in [7, 11) is 0. The predicted molar refractivity (Wildman–Crippen MR) is 124 cm³/mol. The summed E-state index contributed by atoms with van der Waals surface area (Å²) in [4.78, 5) is 14.7. The zero-order valence-corrected chi connectivity index (χ0v) is 18.1. The Morgan fingerprint density at radius 2 is 1.82 bits per heavy atom. The SMILES string of the molecule is O=C1C[C@H](c2cccs2)CC2=C1[C@@H](c1cccc(I)c1)Nc1ccccc1N2. The fourth-order valence-electron chi connectivity index (χ4n) is 4.15. The molecule has 0 bridgehead atoms. The van der Waals surface area contributed by atoms with E-state index in [0.717, 1.165) is 34.6 Å². The molecule has 0 saturated carbocycles. The summed E-state index contributed by atoms with van der Waals surface area (Å²) in [5, 5.41) is 9.33. The topological polar surface area (TPSA) is 41.1 Å². The molecule has 2 aromatic carbocycles. The Labute approximate surface area is 182 Å². The second-order valence-corrected chi connectivity index (χ2v) is 9.46. The van der Waals surface area contributed by atoms with Crippen molar-refractivity contribution in [2.24, 2.45) is 0 Å². The third-order valence-corrected chi connectivity index (χ3v) is 7.14. The summed E-state index contributed by atoms with van der Waals surface area (Å²) in [6, 6.07) is 20.7. The highest BCUT2D eigenvalue weighted by molar-refractivity contribution is 14.1. The van der Waals surface area contributed by atoms with Gasteiger partial charge in [0.1, 0.15) is 0 Å². The van der Waals surface area contributed by atoms with E-state index < -0.39 is 0 Å². The van der Waals surface area contributed by atoms with Gasteiger partial charge in [-0.1, -0.05) is 30.3 Å². The van der Waals surface area contributed by atoms with Crippen molar-refractivity contribution >= 4 is 51.1 Å². The van der Waals surface area contributed by atoms with Gasteiger partial charge in [-0.2, -0.15) is 0 Å². The summed E-state index contributed by atoms with van der Waals surface area (Å²) in [6.45, 7) is 0. The van der Waals surface area contributed by atoms with E-state index in [9.17, 15) is 4.79 Å². The van der Waals surface area contributed by atoms with E-state index in [0.29, 0.717) is 6.42 Å². The van der Waals surface area contributed by atoms with Crippen molar-refractivity contribution < 1.29 is 4.79 Å². The maximum absolute atomic E-state index is 13.4. The molecule has 140 valence electrons. The first-order valence-corrected chi connectivity index (χ1v) is 11.3. The molecule has 2 atom stereocenters. The van der Waals surface area contributed by atoms with Crippen LogP contribution in [-0.2, 0) is 4.79 Å². The van der Waals surface area contributed by atoms with Gasteiger partial charge in [0.25, 0.3) is 0 Å². The van der Waals surface area contributed by atoms with Crippen LogP contribution in [0.5, 0.6) is 0 Å². The number of carbonyl (C=O) groups excluding carboxylic acids is 1. The number of halogens is 1. The lowest BCUT2D eigenvalue weighted by Crippen LogP contribution is -2.26. The van der Waals surface area contributed by atoms with Gasteiger partial charge in [-0.05, 0) is 70.3 Å². The van der Waals surface area contributed by atoms with Gasteiger partial charge < -0.3 is 10.6 Å². The molecule has 28 heavy (non-hydrogen) atoms. The maximum Gasteiger partial charge on any atom is 0.163 e. The number of allylic oxidation sites excluding steroid dienone is 1. The number of anilines is 2. The zero-order chi connectivity index (χ0) is 19.1. The number of hydrogen-bond acceptors (Lipinski definition) is 4. The van der Waals surface area contributed by atoms with Crippen molar-refractivity contribution in [1.82, 2.24) is 0 Å². The lowest BCUT2D eigenvalue weighted by Gasteiger charge is -2.29. The maximum atomic E-state index is 13.4. The largest absolute Gasteiger partial charge is 0.372 e. The van der Waals surface area contributed by atoms with Crippen molar-refractivity contribution in [3.63, 3.8) is 0 Å². The molecule has 2 N–H and O–H groups in total. The number of thiophene rings is 1. The summed E-state index contributed by atoms with van der Waals surface area (Å²) >= 11 is 4.07. The lowest BCUT2D eigenvalue weighted by molar-refractivity contribution is -0.116. The minimum Gasteiger partial charge on any atom is -0.372 e. The molecule has 0 unspecified atom stereocenters. The van der Waals surface area contributed by atoms with Crippen LogP contribution in [-0.4, -0.2) is 5.78 Å². The van der Waals surface area contributed by atoms with E-state index in [1.807, 2.05) is 12.1 Å². The van der Waals surface area contributed by atoms with Gasteiger partial charge in [-0.15, -0.1) is 11.3 Å². The standard InChI is InChI=1S/C23H19IN2OS/c24-16-6-3-5-14(11-16)23-22-19(25-17-7-1-2-8-18(17)26-23)12-15(13-20(22)27)21-9-4-10-28-21/h1-11,15,23,25-26H,12-13H2/t15-,23-/m1/s1. The first-order valence-electron chi connectivity index (χ1n) is 9.37. The molecule has 1 aliphatic heterocycles. The molecule has 0 fully saturated rings. The number of carbonyl (C=O) groups is 1. The second kappa shape index (κ2) is 7.37. The van der Waals surface area contributed by atoms with Gasteiger partial charge in [0.15, 0.2) is 5.78 Å². The highest BCUT2D eigenvalue weighted by Crippen LogP contribution is 2.44. The Balaban J connectivity index is 1.64. The monoisotopic (exact) mass is 498 g/mol. The minimum absolute atomic E-state index is 0.141. The lowest BCUT2D eigenvalue weighted by atomic mass is 9.81. The van der Waals surface area contributed by atoms with Crippen LogP contribution >= 0.6 is 33.9 Å². The molecule has 0 saturated heterocycles. The number of fused-ring (bicyclic) bond motifs is 1. The number of ketones is 1. The Morgan fingerprint density at radius 1 is 0.964 bits per heavy atom. The Morgan fingerprint density at radius 3 is 2.61 bits per heavy atom. The highest BCUT2D eigenvalue weighted by atomic mass is 127. The number of benzene rings is 2. The number of rotatable bonds is 2. The molecule has 2 heterocycles. The van der Waals surface area contributed by atoms with Gasteiger partial charge >= 0.3 is 0 Å². The molecule has 3 aromatic rings. The third kappa shape index (κ3) is 3.26. The molecule has 0 spiro atoms. The van der Waals surface area contributed by atoms with Crippen LogP contribution in [0.1, 0.15) is 35.2 Å². The Bertz CT molecular complexity index is 1070. The molecule has 1 aliphatic carbocycles. The molecule has 0 amide bonds. The molecule has 5 heteroatoms. The van der Waals surface area contributed by atoms with Gasteiger partial charge in [-0.25, -0.2) is 0 Å². The average Bonchev–Trinajstić information content (AvgIpc) is 3.17. The van der Waals surface area contributed by atoms with Crippen LogP contribution < -0.4 is 10.6 Å². The number of nitrogens with one attached hydrogen (secondary N) is 2. The average molecular weight is 498 g/mol. The van der Waals surface area contributed by atoms with Crippen LogP contribution in [0.2, 0.25) is 0 Å². The van der Waals surface area contributed by atoms with Gasteiger partial charge in [0, 0.05) is 32.1 Å². The summed E-state index contributed by atoms with van der Waals surface area (Å²) < 4.78 is 1.17. The van der Waals surface area contributed by atoms with Crippen LogP contribution in [0.4, 0.5) is 11.4 Å². The van der Waals surface area contributed by atoms with E-state index in [-0.39, 0.29) is 17.7 Å². The van der Waals surface area contributed by atoms with Crippen LogP contribution in [0.15, 0.2) is 77.3 Å². The second-order valence-electron chi connectivity index (χ2n) is 7.24. The quantitative estimate of drug-likeness (QED) is 0.406. The van der Waals surface area contributed by atoms with Gasteiger partial charge in [0.05, 0.1) is 17.4 Å². The summed E-state index contributed by atoms with van der Waals surface area (Å²) in [5.74, 6) is 0.483. The van der Waals surface area contributed by atoms with E-state index >= 15 is 0 Å². The minimum atomic E-state index is -0.141. The third-order valence-electron chi connectivity index (χ3n) is 5.44. The number of Topliss-reactive ketones (excluding diaryl/α,β-unsaturated/α-hetero) is 1. The first kappa shape index (κ1) is 17.9. The molecular formula is C23H19IN2OS. The van der Waals surface area contributed by atoms with Crippen LogP contribution in [0.3, 0.4) is 0 Å². The molecule has 0 radical (unpaired) electrons. The molecular weight excluding hydrogens is 479 g/mol. The van der Waals surface area contributed by atoms with Crippen molar-refractivity contribution in [1.29, 1.82) is 0 Å². The van der Waals surface area contributed by atoms with E-state index in [1.54, 1.807) is 11.3 Å². The van der Waals surface area contributed by atoms with E-state index in [1.165, 1.54) is 8.45 Å². The van der Waals surface area contributed by atoms with E-state index in [2.05, 4.69) is 87.1 Å². The van der Waals surface area contributed by atoms with Crippen molar-refractivity contribution in [2.45, 2.75) is 24.8 Å². The predicted octanol–water partition coefficient (Wildman–Crippen LogP) is 6.33. The van der Waals surface area contributed by atoms with Crippen molar-refractivity contribution in [3.05, 3.63) is 91.3 Å². The number of para-hydroxylation sites is 2. The Kier molecular flexibility index (Phi) is 4.72. The number of hydrogen-bond donors (Lipinski definition) is 2. The van der Waals surface area contributed by atoms with Crippen molar-refractivity contribution in [2.75, 3.05) is 10.6 Å². The van der Waals surface area contributed by atoms with Gasteiger partial charge in [-0.3, -0.25) is 4.79 Å². The normalized spacial score (nSPS) is 21.2. The van der Waals surface area contributed by atoms with Gasteiger partial charge in [0.2, 0.25) is 0 Å². The highest BCUT2D eigenvalue weighted by Gasteiger charge is 2.36. The van der Waals surface area contributed by atoms with E-state index in [4.69, 9.17) is 0 Å². The summed E-state index contributed by atoms with van der Waals surface area (Å²) in [5.41, 5.74) is 5.12. The smallest absolute Gasteiger partial charge is 0.163 e. The zero-order valence-electron chi connectivity index (χ0n) is 15.1. The molecule has 5 rings (SSSR count). The first-order chi connectivity index (χ1) is 13.7. The summed E-state index contributed by atoms with van der Waals surface area (Å²) in [6.07, 6.45) is 1.43. The van der Waals surface area contributed by atoms with Crippen LogP contribution in [0.25, 0.3) is 0 Å². The van der Waals surface area contributed by atoms with Crippen molar-refractivity contribution in [3.8, 4) is 0 Å². The molecule has 3 nitrogen and oxygen atoms in total. The fraction of sp³-hybridized carbons (Fsp3) is 0.174. The molecule has 1 aromatic heterocycles. The fourth-order valence-corrected chi connectivity index (χ4v) is 5.55. The Hall–Kier alpha value is -2.12.